The molecule has 0 saturated carbocycles. The SMILES string of the molecule is Cc1ccc(NC(=O)CN2CCC(N)C(C)(C)C2)c(F)c1.Cl. The van der Waals surface area contributed by atoms with E-state index in [9.17, 15) is 9.18 Å². The summed E-state index contributed by atoms with van der Waals surface area (Å²) in [4.78, 5) is 14.1. The van der Waals surface area contributed by atoms with Crippen molar-refractivity contribution in [1.29, 1.82) is 0 Å². The Labute approximate surface area is 137 Å². The maximum absolute atomic E-state index is 13.7. The van der Waals surface area contributed by atoms with E-state index in [1.165, 1.54) is 6.07 Å². The number of likely N-dealkylation sites (tertiary alicyclic amines) is 1. The molecule has 22 heavy (non-hydrogen) atoms. The van der Waals surface area contributed by atoms with Gasteiger partial charge in [0.05, 0.1) is 12.2 Å². The molecule has 1 fully saturated rings. The Morgan fingerprint density at radius 3 is 2.77 bits per heavy atom. The number of nitrogens with two attached hydrogens (primary N) is 1. The maximum Gasteiger partial charge on any atom is 0.238 e. The second-order valence-electron chi connectivity index (χ2n) is 6.63. The standard InChI is InChI=1S/C16H24FN3O.ClH/c1-11-4-5-13(12(17)8-11)19-15(21)9-20-7-6-14(18)16(2,3)10-20;/h4-5,8,14H,6-7,9-10,18H2,1-3H3,(H,19,21);1H. The molecule has 1 amide bonds. The summed E-state index contributed by atoms with van der Waals surface area (Å²) in [5, 5.41) is 2.64. The number of halogens is 2. The van der Waals surface area contributed by atoms with E-state index in [1.54, 1.807) is 12.1 Å². The van der Waals surface area contributed by atoms with Crippen LogP contribution in [0.2, 0.25) is 0 Å². The van der Waals surface area contributed by atoms with Crippen molar-refractivity contribution in [2.75, 3.05) is 25.0 Å². The molecule has 0 radical (unpaired) electrons. The molecule has 0 bridgehead atoms. The van der Waals surface area contributed by atoms with Crippen molar-refractivity contribution in [3.05, 3.63) is 29.6 Å². The van der Waals surface area contributed by atoms with Crippen molar-refractivity contribution in [2.24, 2.45) is 11.1 Å². The number of rotatable bonds is 3. The van der Waals surface area contributed by atoms with Gasteiger partial charge in [0.2, 0.25) is 5.91 Å². The predicted octanol–water partition coefficient (Wildman–Crippen LogP) is 2.55. The van der Waals surface area contributed by atoms with Crippen LogP contribution < -0.4 is 11.1 Å². The fourth-order valence-corrected chi connectivity index (χ4v) is 2.73. The molecule has 3 N–H and O–H groups in total. The third-order valence-corrected chi connectivity index (χ3v) is 4.16. The summed E-state index contributed by atoms with van der Waals surface area (Å²) in [5.74, 6) is -0.589. The maximum atomic E-state index is 13.7. The first-order chi connectivity index (χ1) is 9.78. The monoisotopic (exact) mass is 329 g/mol. The van der Waals surface area contributed by atoms with Crippen LogP contribution in [-0.4, -0.2) is 36.5 Å². The van der Waals surface area contributed by atoms with Crippen LogP contribution in [0.15, 0.2) is 18.2 Å². The minimum atomic E-state index is -0.399. The van der Waals surface area contributed by atoms with E-state index in [0.29, 0.717) is 0 Å². The molecule has 124 valence electrons. The second-order valence-corrected chi connectivity index (χ2v) is 6.63. The Balaban J connectivity index is 0.00000242. The van der Waals surface area contributed by atoms with Crippen molar-refractivity contribution < 1.29 is 9.18 Å². The van der Waals surface area contributed by atoms with E-state index in [2.05, 4.69) is 24.1 Å². The molecule has 4 nitrogen and oxygen atoms in total. The van der Waals surface area contributed by atoms with Crippen molar-refractivity contribution in [3.63, 3.8) is 0 Å². The first-order valence-electron chi connectivity index (χ1n) is 7.32. The van der Waals surface area contributed by atoms with Crippen LogP contribution in [0.4, 0.5) is 10.1 Å². The van der Waals surface area contributed by atoms with Crippen LogP contribution in [0.1, 0.15) is 25.8 Å². The van der Waals surface area contributed by atoms with Crippen LogP contribution in [0.5, 0.6) is 0 Å². The molecule has 1 saturated heterocycles. The minimum Gasteiger partial charge on any atom is -0.327 e. The Hall–Kier alpha value is -1.17. The highest BCUT2D eigenvalue weighted by molar-refractivity contribution is 5.92. The number of anilines is 1. The molecule has 2 rings (SSSR count). The Kier molecular flexibility index (Phi) is 6.35. The average Bonchev–Trinajstić information content (AvgIpc) is 2.37. The lowest BCUT2D eigenvalue weighted by atomic mass is 9.80. The van der Waals surface area contributed by atoms with Gasteiger partial charge < -0.3 is 11.1 Å². The Bertz CT molecular complexity index is 536. The molecule has 6 heteroatoms. The van der Waals surface area contributed by atoms with Gasteiger partial charge in [0, 0.05) is 19.1 Å². The Morgan fingerprint density at radius 1 is 1.50 bits per heavy atom. The van der Waals surface area contributed by atoms with E-state index in [-0.39, 0.29) is 42.0 Å². The number of amides is 1. The van der Waals surface area contributed by atoms with Crippen LogP contribution in [0.25, 0.3) is 0 Å². The first kappa shape index (κ1) is 18.9. The molecule has 1 heterocycles. The van der Waals surface area contributed by atoms with E-state index >= 15 is 0 Å². The minimum absolute atomic E-state index is 0. The van der Waals surface area contributed by atoms with Crippen molar-refractivity contribution in [2.45, 2.75) is 33.2 Å². The molecular weight excluding hydrogens is 305 g/mol. The van der Waals surface area contributed by atoms with Crippen molar-refractivity contribution in [1.82, 2.24) is 4.90 Å². The van der Waals surface area contributed by atoms with Crippen LogP contribution >= 0.6 is 12.4 Å². The average molecular weight is 330 g/mol. The summed E-state index contributed by atoms with van der Waals surface area (Å²) >= 11 is 0. The molecule has 0 spiro atoms. The predicted molar refractivity (Wildman–Crippen MR) is 89.8 cm³/mol. The number of benzene rings is 1. The molecule has 1 aliphatic rings. The van der Waals surface area contributed by atoms with Gasteiger partial charge in [0.1, 0.15) is 5.82 Å². The number of aryl methyl sites for hydroxylation is 1. The largest absolute Gasteiger partial charge is 0.327 e. The third kappa shape index (κ3) is 4.66. The number of carbonyl (C=O) groups excluding carboxylic acids is 1. The molecule has 1 aromatic carbocycles. The molecule has 0 aromatic heterocycles. The number of carbonyl (C=O) groups is 1. The molecule has 1 aliphatic heterocycles. The summed E-state index contributed by atoms with van der Waals surface area (Å²) in [6.45, 7) is 7.88. The lowest BCUT2D eigenvalue weighted by Crippen LogP contribution is -2.53. The van der Waals surface area contributed by atoms with Gasteiger partial charge in [-0.25, -0.2) is 4.39 Å². The van der Waals surface area contributed by atoms with Gasteiger partial charge in [0.25, 0.3) is 0 Å². The van der Waals surface area contributed by atoms with Gasteiger partial charge in [-0.05, 0) is 36.5 Å². The van der Waals surface area contributed by atoms with Crippen molar-refractivity contribution in [3.8, 4) is 0 Å². The zero-order chi connectivity index (χ0) is 15.6. The highest BCUT2D eigenvalue weighted by Gasteiger charge is 2.33. The van der Waals surface area contributed by atoms with E-state index in [1.807, 2.05) is 6.92 Å². The van der Waals surface area contributed by atoms with Gasteiger partial charge in [-0.2, -0.15) is 0 Å². The van der Waals surface area contributed by atoms with Gasteiger partial charge in [-0.15, -0.1) is 12.4 Å². The zero-order valence-corrected chi connectivity index (χ0v) is 14.2. The highest BCUT2D eigenvalue weighted by Crippen LogP contribution is 2.27. The zero-order valence-electron chi connectivity index (χ0n) is 13.4. The number of hydrogen-bond acceptors (Lipinski definition) is 3. The summed E-state index contributed by atoms with van der Waals surface area (Å²) in [6.07, 6.45) is 0.874. The molecule has 1 atom stereocenters. The normalized spacial score (nSPS) is 21.0. The van der Waals surface area contributed by atoms with E-state index in [0.717, 1.165) is 25.1 Å². The molecule has 1 aromatic rings. The quantitative estimate of drug-likeness (QED) is 0.896. The van der Waals surface area contributed by atoms with Crippen LogP contribution in [0.3, 0.4) is 0 Å². The lowest BCUT2D eigenvalue weighted by molar-refractivity contribution is -0.118. The summed E-state index contributed by atoms with van der Waals surface area (Å²) < 4.78 is 13.7. The topological polar surface area (TPSA) is 58.4 Å². The third-order valence-electron chi connectivity index (χ3n) is 4.16. The summed E-state index contributed by atoms with van der Waals surface area (Å²) in [7, 11) is 0. The number of piperidine rings is 1. The number of hydrogen-bond donors (Lipinski definition) is 2. The second kappa shape index (κ2) is 7.40. The smallest absolute Gasteiger partial charge is 0.238 e. The van der Waals surface area contributed by atoms with Gasteiger partial charge in [-0.3, -0.25) is 9.69 Å². The number of nitrogens with one attached hydrogen (secondary N) is 1. The van der Waals surface area contributed by atoms with Gasteiger partial charge in [0.15, 0.2) is 0 Å². The van der Waals surface area contributed by atoms with E-state index in [4.69, 9.17) is 5.73 Å². The van der Waals surface area contributed by atoms with Crippen LogP contribution in [0, 0.1) is 18.2 Å². The lowest BCUT2D eigenvalue weighted by Gasteiger charge is -2.42. The molecule has 1 unspecified atom stereocenters. The van der Waals surface area contributed by atoms with Crippen molar-refractivity contribution >= 4 is 24.0 Å². The van der Waals surface area contributed by atoms with Gasteiger partial charge >= 0.3 is 0 Å². The highest BCUT2D eigenvalue weighted by atomic mass is 35.5. The first-order valence-corrected chi connectivity index (χ1v) is 7.32. The summed E-state index contributed by atoms with van der Waals surface area (Å²) in [5.41, 5.74) is 7.15. The fourth-order valence-electron chi connectivity index (χ4n) is 2.73. The van der Waals surface area contributed by atoms with Gasteiger partial charge in [-0.1, -0.05) is 19.9 Å². The molecular formula is C16H25ClFN3O. The molecule has 0 aliphatic carbocycles. The fraction of sp³-hybridized carbons (Fsp3) is 0.562. The number of nitrogens with zero attached hydrogens (tertiary/aromatic N) is 1. The summed E-state index contributed by atoms with van der Waals surface area (Å²) in [6, 6.07) is 4.95. The Morgan fingerprint density at radius 2 is 2.18 bits per heavy atom. The van der Waals surface area contributed by atoms with E-state index < -0.39 is 5.82 Å². The van der Waals surface area contributed by atoms with Crippen LogP contribution in [-0.2, 0) is 4.79 Å².